The molecule has 2 rings (SSSR count). The molecule has 0 saturated heterocycles. The fourth-order valence-electron chi connectivity index (χ4n) is 2.20. The van der Waals surface area contributed by atoms with Gasteiger partial charge in [0.1, 0.15) is 11.3 Å². The van der Waals surface area contributed by atoms with E-state index in [0.29, 0.717) is 23.0 Å². The Kier molecular flexibility index (Phi) is 3.93. The van der Waals surface area contributed by atoms with Gasteiger partial charge < -0.3 is 19.9 Å². The molecule has 1 atom stereocenters. The molecule has 0 spiro atoms. The molecule has 20 heavy (non-hydrogen) atoms. The van der Waals surface area contributed by atoms with E-state index in [1.165, 1.54) is 18.2 Å². The van der Waals surface area contributed by atoms with Crippen molar-refractivity contribution in [2.45, 2.75) is 19.3 Å². The third-order valence-electron chi connectivity index (χ3n) is 3.19. The average Bonchev–Trinajstić information content (AvgIpc) is 2.38. The summed E-state index contributed by atoms with van der Waals surface area (Å²) in [6.07, 6.45) is -0.437. The van der Waals surface area contributed by atoms with Crippen molar-refractivity contribution in [3.63, 3.8) is 0 Å². The van der Waals surface area contributed by atoms with E-state index in [4.69, 9.17) is 9.52 Å². The van der Waals surface area contributed by atoms with Crippen LogP contribution in [0.4, 0.5) is 4.79 Å². The number of hydrogen-bond acceptors (Lipinski definition) is 4. The molecule has 1 unspecified atom stereocenters. The van der Waals surface area contributed by atoms with Crippen molar-refractivity contribution in [2.75, 3.05) is 6.54 Å². The summed E-state index contributed by atoms with van der Waals surface area (Å²) in [5.74, 6) is -0.128. The Labute approximate surface area is 114 Å². The summed E-state index contributed by atoms with van der Waals surface area (Å²) in [5.41, 5.74) is 0.487. The van der Waals surface area contributed by atoms with Crippen LogP contribution in [0.3, 0.4) is 0 Å². The first-order chi connectivity index (χ1) is 9.51. The van der Waals surface area contributed by atoms with Gasteiger partial charge in [0.15, 0.2) is 0 Å². The molecule has 0 aliphatic carbocycles. The maximum absolute atomic E-state index is 11.6. The van der Waals surface area contributed by atoms with Gasteiger partial charge in [-0.1, -0.05) is 6.92 Å². The van der Waals surface area contributed by atoms with Crippen LogP contribution in [0.15, 0.2) is 33.5 Å². The molecule has 106 valence electrons. The van der Waals surface area contributed by atoms with Gasteiger partial charge in [-0.15, -0.1) is 0 Å². The van der Waals surface area contributed by atoms with Gasteiger partial charge >= 0.3 is 11.7 Å². The van der Waals surface area contributed by atoms with Crippen LogP contribution in [-0.4, -0.2) is 22.9 Å². The predicted octanol–water partition coefficient (Wildman–Crippen LogP) is 2.26. The van der Waals surface area contributed by atoms with Crippen LogP contribution in [-0.2, 0) is 0 Å². The highest BCUT2D eigenvalue weighted by Gasteiger charge is 2.16. The number of amides is 1. The van der Waals surface area contributed by atoms with Gasteiger partial charge in [0.25, 0.3) is 0 Å². The second-order valence-electron chi connectivity index (χ2n) is 4.49. The molecule has 0 aliphatic rings. The van der Waals surface area contributed by atoms with E-state index in [0.717, 1.165) is 0 Å². The van der Waals surface area contributed by atoms with E-state index in [1.807, 2.05) is 6.92 Å². The Morgan fingerprint density at radius 1 is 1.40 bits per heavy atom. The smallest absolute Gasteiger partial charge is 0.404 e. The van der Waals surface area contributed by atoms with Crippen molar-refractivity contribution in [3.8, 4) is 5.75 Å². The Morgan fingerprint density at radius 2 is 2.15 bits per heavy atom. The van der Waals surface area contributed by atoms with Gasteiger partial charge in [-0.05, 0) is 24.1 Å². The summed E-state index contributed by atoms with van der Waals surface area (Å²) in [7, 11) is 0. The normalized spacial score (nSPS) is 12.2. The van der Waals surface area contributed by atoms with E-state index < -0.39 is 11.7 Å². The fourth-order valence-corrected chi connectivity index (χ4v) is 2.20. The zero-order chi connectivity index (χ0) is 14.7. The molecule has 0 saturated carbocycles. The van der Waals surface area contributed by atoms with E-state index in [-0.39, 0.29) is 18.2 Å². The molecule has 1 heterocycles. The van der Waals surface area contributed by atoms with E-state index in [2.05, 4.69) is 5.32 Å². The molecule has 0 bridgehead atoms. The highest BCUT2D eigenvalue weighted by molar-refractivity contribution is 5.82. The predicted molar refractivity (Wildman–Crippen MR) is 73.2 cm³/mol. The number of benzene rings is 1. The summed E-state index contributed by atoms with van der Waals surface area (Å²) >= 11 is 0. The van der Waals surface area contributed by atoms with Crippen molar-refractivity contribution in [3.05, 3.63) is 40.2 Å². The first-order valence-corrected chi connectivity index (χ1v) is 6.24. The summed E-state index contributed by atoms with van der Waals surface area (Å²) < 4.78 is 5.05. The molecule has 0 fully saturated rings. The average molecular weight is 277 g/mol. The van der Waals surface area contributed by atoms with Gasteiger partial charge in [-0.3, -0.25) is 0 Å². The van der Waals surface area contributed by atoms with Crippen LogP contribution in [0.2, 0.25) is 0 Å². The number of hydrogen-bond donors (Lipinski definition) is 3. The van der Waals surface area contributed by atoms with Crippen molar-refractivity contribution in [1.82, 2.24) is 5.32 Å². The lowest BCUT2D eigenvalue weighted by molar-refractivity contribution is 0.193. The highest BCUT2D eigenvalue weighted by Crippen LogP contribution is 2.28. The van der Waals surface area contributed by atoms with Crippen LogP contribution in [0.25, 0.3) is 11.0 Å². The monoisotopic (exact) mass is 277 g/mol. The number of phenolic OH excluding ortho intramolecular Hbond substituents is 1. The number of nitrogens with one attached hydrogen (secondary N) is 1. The lowest BCUT2D eigenvalue weighted by Crippen LogP contribution is -2.26. The zero-order valence-electron chi connectivity index (χ0n) is 10.9. The Balaban J connectivity index is 2.50. The second-order valence-corrected chi connectivity index (χ2v) is 4.49. The molecule has 0 aliphatic heterocycles. The van der Waals surface area contributed by atoms with Crippen molar-refractivity contribution in [2.24, 2.45) is 0 Å². The maximum Gasteiger partial charge on any atom is 0.404 e. The Bertz CT molecular complexity index is 692. The highest BCUT2D eigenvalue weighted by atomic mass is 16.4. The minimum atomic E-state index is -1.10. The summed E-state index contributed by atoms with van der Waals surface area (Å²) in [6, 6.07) is 5.91. The molecule has 1 aromatic carbocycles. The van der Waals surface area contributed by atoms with E-state index in [9.17, 15) is 14.7 Å². The lowest BCUT2D eigenvalue weighted by atomic mass is 9.94. The van der Waals surface area contributed by atoms with Crippen LogP contribution >= 0.6 is 0 Å². The van der Waals surface area contributed by atoms with Crippen LogP contribution in [0.5, 0.6) is 5.75 Å². The number of fused-ring (bicyclic) bond motifs is 1. The molecule has 2 aromatic rings. The van der Waals surface area contributed by atoms with E-state index >= 15 is 0 Å². The van der Waals surface area contributed by atoms with E-state index in [1.54, 1.807) is 6.07 Å². The molecule has 6 nitrogen and oxygen atoms in total. The first kappa shape index (κ1) is 13.9. The number of aromatic hydroxyl groups is 1. The Morgan fingerprint density at radius 3 is 2.80 bits per heavy atom. The third-order valence-corrected chi connectivity index (χ3v) is 3.19. The molecule has 1 amide bonds. The molecular formula is C14H15NO5. The first-order valence-electron chi connectivity index (χ1n) is 6.24. The number of phenols is 1. The Hall–Kier alpha value is -2.50. The lowest BCUT2D eigenvalue weighted by Gasteiger charge is -2.16. The molecule has 6 heteroatoms. The summed E-state index contributed by atoms with van der Waals surface area (Å²) in [5, 5.41) is 21.1. The zero-order valence-corrected chi connectivity index (χ0v) is 10.9. The standard InChI is InChI=1S/C14H15NO5/c1-2-8(7-15-14(18)19)11-6-13(17)20-12-5-9(16)3-4-10(11)12/h3-6,8,15-16H,2,7H2,1H3,(H,18,19). The summed E-state index contributed by atoms with van der Waals surface area (Å²) in [4.78, 5) is 22.2. The summed E-state index contributed by atoms with van der Waals surface area (Å²) in [6.45, 7) is 2.13. The molecule has 0 radical (unpaired) electrons. The van der Waals surface area contributed by atoms with Gasteiger partial charge in [-0.2, -0.15) is 0 Å². The van der Waals surface area contributed by atoms with Gasteiger partial charge in [-0.25, -0.2) is 9.59 Å². The molecule has 1 aromatic heterocycles. The largest absolute Gasteiger partial charge is 0.508 e. The SMILES string of the molecule is CCC(CNC(=O)O)c1cc(=O)oc2cc(O)ccc12. The molecular weight excluding hydrogens is 262 g/mol. The van der Waals surface area contributed by atoms with Gasteiger partial charge in [0, 0.05) is 30.0 Å². The maximum atomic E-state index is 11.6. The minimum absolute atomic E-state index is 0.00881. The van der Waals surface area contributed by atoms with Crippen molar-refractivity contribution >= 4 is 17.1 Å². The number of carbonyl (C=O) groups is 1. The van der Waals surface area contributed by atoms with Crippen LogP contribution in [0, 0.1) is 0 Å². The van der Waals surface area contributed by atoms with Gasteiger partial charge in [0.05, 0.1) is 0 Å². The topological polar surface area (TPSA) is 99.8 Å². The number of rotatable bonds is 4. The van der Waals surface area contributed by atoms with Crippen LogP contribution in [0.1, 0.15) is 24.8 Å². The quantitative estimate of drug-likeness (QED) is 0.744. The minimum Gasteiger partial charge on any atom is -0.508 e. The molecule has 3 N–H and O–H groups in total. The number of carboxylic acid groups (broad SMARTS) is 1. The second kappa shape index (κ2) is 5.64. The van der Waals surface area contributed by atoms with Crippen molar-refractivity contribution < 1.29 is 19.4 Å². The van der Waals surface area contributed by atoms with Crippen LogP contribution < -0.4 is 10.9 Å². The van der Waals surface area contributed by atoms with Gasteiger partial charge in [0.2, 0.25) is 0 Å². The third kappa shape index (κ3) is 2.90. The van der Waals surface area contributed by atoms with Crippen molar-refractivity contribution in [1.29, 1.82) is 0 Å². The fraction of sp³-hybridized carbons (Fsp3) is 0.286.